The number of rotatable bonds is 13. The van der Waals surface area contributed by atoms with Gasteiger partial charge in [-0.2, -0.15) is 17.3 Å². The van der Waals surface area contributed by atoms with Crippen LogP contribution < -0.4 is 69.3 Å². The molecule has 2 aromatic rings. The molecule has 49 heavy (non-hydrogen) atoms. The maximum Gasteiger partial charge on any atom is 1.00 e. The first kappa shape index (κ1) is 44.1. The molecule has 0 fully saturated rings. The third kappa shape index (κ3) is 11.0. The molecule has 4 rings (SSSR count). The molecule has 2 heterocycles. The Balaban J connectivity index is 0.00000417. The van der Waals surface area contributed by atoms with E-state index in [1.165, 1.54) is 0 Å². The second-order valence-corrected chi connectivity index (χ2v) is 16.5. The third-order valence-corrected chi connectivity index (χ3v) is 10.4. The summed E-state index contributed by atoms with van der Waals surface area (Å²) in [6.07, 6.45) is 11.4. The van der Waals surface area contributed by atoms with Crippen LogP contribution in [-0.4, -0.2) is 60.8 Å². The second-order valence-electron chi connectivity index (χ2n) is 12.6. The van der Waals surface area contributed by atoms with E-state index in [4.69, 9.17) is 0 Å². The van der Waals surface area contributed by atoms with Gasteiger partial charge in [0.1, 0.15) is 5.75 Å². The van der Waals surface area contributed by atoms with Crippen LogP contribution in [0.1, 0.15) is 51.3 Å². The summed E-state index contributed by atoms with van der Waals surface area (Å²) in [5, 5.41) is 13.8. The number of hydrogen-bond donors (Lipinski definition) is 1. The fraction of sp³-hybridized carbons (Fsp3) is 0.364. The van der Waals surface area contributed by atoms with Gasteiger partial charge in [0.2, 0.25) is 5.69 Å². The molecule has 0 atom stereocenters. The van der Waals surface area contributed by atoms with Gasteiger partial charge in [0, 0.05) is 45.9 Å². The van der Waals surface area contributed by atoms with Crippen LogP contribution in [0.3, 0.4) is 0 Å². The van der Waals surface area contributed by atoms with Crippen molar-refractivity contribution in [1.82, 2.24) is 0 Å². The Bertz CT molecular complexity index is 1920. The van der Waals surface area contributed by atoms with Crippen molar-refractivity contribution < 1.29 is 104 Å². The van der Waals surface area contributed by atoms with Gasteiger partial charge in [-0.15, -0.1) is 0 Å². The Morgan fingerprint density at radius 1 is 1.00 bits per heavy atom. The number of allylic oxidation sites excluding steroid dienone is 8. The molecule has 2 aromatic carbocycles. The molecule has 0 unspecified atom stereocenters. The SMILES string of the molecule is CC(C=C/C=C1/N(CCS(=O)(=O)[O-])c2ccc(C)cc2C1(C)C)=CC=CC1=[N+](CCS(=O)(=O)O)c2ccc(SOO[O-])cc2C1(C)C.[Na+].[Na+]. The Kier molecular flexibility index (Phi) is 15.9. The number of fused-ring (bicyclic) bond motifs is 2. The number of anilines is 1. The molecular formula is C33H39N2Na2O9S3+. The molecular weight excluding hydrogens is 711 g/mol. The summed E-state index contributed by atoms with van der Waals surface area (Å²) < 4.78 is 73.5. The van der Waals surface area contributed by atoms with Crippen LogP contribution in [0.5, 0.6) is 0 Å². The van der Waals surface area contributed by atoms with Crippen LogP contribution in [0.15, 0.2) is 89.0 Å². The van der Waals surface area contributed by atoms with E-state index in [0.717, 1.165) is 57.1 Å². The van der Waals surface area contributed by atoms with Crippen molar-refractivity contribution in [2.75, 3.05) is 29.5 Å². The zero-order valence-corrected chi connectivity index (χ0v) is 35.5. The minimum absolute atomic E-state index is 0. The zero-order valence-electron chi connectivity index (χ0n) is 29.1. The summed E-state index contributed by atoms with van der Waals surface area (Å²) in [5.74, 6) is -0.975. The van der Waals surface area contributed by atoms with E-state index >= 15 is 0 Å². The maximum absolute atomic E-state index is 11.6. The van der Waals surface area contributed by atoms with Crippen molar-refractivity contribution >= 4 is 49.4 Å². The van der Waals surface area contributed by atoms with Gasteiger partial charge in [-0.05, 0) is 57.5 Å². The molecule has 0 saturated heterocycles. The number of nitrogens with zero attached hydrogens (tertiary/aromatic N) is 2. The molecule has 16 heteroatoms. The summed E-state index contributed by atoms with van der Waals surface area (Å²) in [7, 11) is -8.62. The Morgan fingerprint density at radius 2 is 1.69 bits per heavy atom. The first-order valence-electron chi connectivity index (χ1n) is 14.8. The van der Waals surface area contributed by atoms with E-state index < -0.39 is 42.6 Å². The van der Waals surface area contributed by atoms with E-state index in [2.05, 4.69) is 29.3 Å². The van der Waals surface area contributed by atoms with Crippen LogP contribution in [0.25, 0.3) is 0 Å². The summed E-state index contributed by atoms with van der Waals surface area (Å²) in [5.41, 5.74) is 6.27. The molecule has 2 aliphatic rings. The van der Waals surface area contributed by atoms with Crippen LogP contribution in [0, 0.1) is 6.92 Å². The molecule has 0 radical (unpaired) electrons. The molecule has 0 aliphatic carbocycles. The first-order valence-corrected chi connectivity index (χ1v) is 18.7. The number of aryl methyl sites for hydroxylation is 1. The van der Waals surface area contributed by atoms with E-state index in [0.29, 0.717) is 4.90 Å². The number of benzene rings is 2. The molecule has 0 spiro atoms. The third-order valence-electron chi connectivity index (χ3n) is 8.43. The average Bonchev–Trinajstić information content (AvgIpc) is 3.31. The monoisotopic (exact) mass is 749 g/mol. The normalized spacial score (nSPS) is 17.9. The van der Waals surface area contributed by atoms with Crippen LogP contribution in [0.2, 0.25) is 0 Å². The topological polar surface area (TPSA) is 159 Å². The Labute approximate surface area is 338 Å². The molecule has 0 bridgehead atoms. The zero-order chi connectivity index (χ0) is 34.8. The molecule has 0 aromatic heterocycles. The van der Waals surface area contributed by atoms with Gasteiger partial charge in [0.15, 0.2) is 12.3 Å². The van der Waals surface area contributed by atoms with Crippen molar-refractivity contribution in [3.05, 3.63) is 101 Å². The fourth-order valence-electron chi connectivity index (χ4n) is 6.08. The Morgan fingerprint density at radius 3 is 2.33 bits per heavy atom. The van der Waals surface area contributed by atoms with Crippen molar-refractivity contribution in [3.8, 4) is 0 Å². The minimum Gasteiger partial charge on any atom is -0.748 e. The van der Waals surface area contributed by atoms with Gasteiger partial charge in [-0.1, -0.05) is 61.4 Å². The predicted octanol–water partition coefficient (Wildman–Crippen LogP) is -1.22. The smallest absolute Gasteiger partial charge is 0.748 e. The summed E-state index contributed by atoms with van der Waals surface area (Å²) in [6.45, 7) is 12.1. The Hall–Kier alpha value is -1.08. The van der Waals surface area contributed by atoms with Gasteiger partial charge >= 0.3 is 59.1 Å². The van der Waals surface area contributed by atoms with Gasteiger partial charge in [0.25, 0.3) is 10.1 Å². The minimum atomic E-state index is -4.41. The van der Waals surface area contributed by atoms with Crippen molar-refractivity contribution in [1.29, 1.82) is 0 Å². The molecule has 0 saturated carbocycles. The van der Waals surface area contributed by atoms with Gasteiger partial charge < -0.3 is 14.7 Å². The standard InChI is InChI=1S/C33H40N2O9S3.2Na/c1-23(9-7-11-30-32(3,4)26-21-24(2)13-15-28(26)34(30)17-19-46(37,38)39)10-8-12-31-33(5,6)27-22-25(45-44-43-36)14-16-29(27)35(31)18-20-47(40,41)42;;/h7-16,21-22H,17-20H2,1-6H3,(H2-,36,37,38,39,40,41,42);;/q;2*+1/p-1. The summed E-state index contributed by atoms with van der Waals surface area (Å²) in [6, 6.07) is 11.4. The van der Waals surface area contributed by atoms with Gasteiger partial charge in [-0.25, -0.2) is 8.42 Å². The summed E-state index contributed by atoms with van der Waals surface area (Å²) >= 11 is 0.764. The molecule has 254 valence electrons. The van der Waals surface area contributed by atoms with Crippen molar-refractivity contribution in [2.24, 2.45) is 0 Å². The van der Waals surface area contributed by atoms with Crippen LogP contribution in [0.4, 0.5) is 11.4 Å². The molecule has 1 N–H and O–H groups in total. The van der Waals surface area contributed by atoms with Crippen molar-refractivity contribution in [3.63, 3.8) is 0 Å². The van der Waals surface area contributed by atoms with Crippen LogP contribution >= 0.6 is 12.0 Å². The average molecular weight is 750 g/mol. The predicted molar refractivity (Wildman–Crippen MR) is 180 cm³/mol. The molecule has 0 amide bonds. The number of hydrogen-bond acceptors (Lipinski definition) is 10. The van der Waals surface area contributed by atoms with E-state index in [1.54, 1.807) is 12.1 Å². The fourth-order valence-corrected chi connectivity index (χ4v) is 7.29. The van der Waals surface area contributed by atoms with Crippen LogP contribution in [-0.2, 0) is 40.4 Å². The molecule has 2 aliphatic heterocycles. The van der Waals surface area contributed by atoms with E-state index in [1.807, 2.05) is 91.8 Å². The molecule has 11 nitrogen and oxygen atoms in total. The van der Waals surface area contributed by atoms with E-state index in [9.17, 15) is 31.2 Å². The summed E-state index contributed by atoms with van der Waals surface area (Å²) in [4.78, 5) is 2.52. The largest absolute Gasteiger partial charge is 1.00 e. The quantitative estimate of drug-likeness (QED) is 0.0498. The van der Waals surface area contributed by atoms with E-state index in [-0.39, 0.29) is 72.2 Å². The van der Waals surface area contributed by atoms with Crippen molar-refractivity contribution in [2.45, 2.75) is 57.3 Å². The van der Waals surface area contributed by atoms with Gasteiger partial charge in [0.05, 0.1) is 33.3 Å². The maximum atomic E-state index is 11.6. The second kappa shape index (κ2) is 17.6. The first-order chi connectivity index (χ1) is 21.8. The van der Waals surface area contributed by atoms with Gasteiger partial charge in [-0.3, -0.25) is 9.59 Å².